The lowest BCUT2D eigenvalue weighted by Crippen LogP contribution is -2.48. The van der Waals surface area contributed by atoms with Gasteiger partial charge in [0.25, 0.3) is 0 Å². The first-order chi connectivity index (χ1) is 10.3. The van der Waals surface area contributed by atoms with Crippen LogP contribution in [0.3, 0.4) is 0 Å². The van der Waals surface area contributed by atoms with Gasteiger partial charge in [0.2, 0.25) is 0 Å². The maximum absolute atomic E-state index is 5.73. The van der Waals surface area contributed by atoms with Gasteiger partial charge < -0.3 is 9.47 Å². The van der Waals surface area contributed by atoms with Crippen LogP contribution in [0.4, 0.5) is 0 Å². The molecular weight excluding hydrogens is 264 g/mol. The number of rotatable bonds is 5. The molecule has 0 aromatic heterocycles. The Bertz CT molecular complexity index is 438. The zero-order valence-corrected chi connectivity index (χ0v) is 13.0. The Morgan fingerprint density at radius 3 is 2.71 bits per heavy atom. The fourth-order valence-electron chi connectivity index (χ4n) is 3.24. The summed E-state index contributed by atoms with van der Waals surface area (Å²) >= 11 is 0. The number of nitrogens with zero attached hydrogens (tertiary/aromatic N) is 2. The largest absolute Gasteiger partial charge is 0.497 e. The highest BCUT2D eigenvalue weighted by atomic mass is 16.5. The summed E-state index contributed by atoms with van der Waals surface area (Å²) < 4.78 is 11.0. The van der Waals surface area contributed by atoms with Gasteiger partial charge in [-0.05, 0) is 30.5 Å². The quantitative estimate of drug-likeness (QED) is 0.828. The summed E-state index contributed by atoms with van der Waals surface area (Å²) in [6, 6.07) is 8.39. The monoisotopic (exact) mass is 290 g/mol. The molecule has 4 heteroatoms. The van der Waals surface area contributed by atoms with Crippen molar-refractivity contribution in [3.05, 3.63) is 29.8 Å². The van der Waals surface area contributed by atoms with Crippen LogP contribution in [0.5, 0.6) is 5.75 Å². The lowest BCUT2D eigenvalue weighted by molar-refractivity contribution is 0.0489. The summed E-state index contributed by atoms with van der Waals surface area (Å²) in [5.41, 5.74) is 1.34. The number of piperazine rings is 1. The van der Waals surface area contributed by atoms with E-state index in [-0.39, 0.29) is 0 Å². The van der Waals surface area contributed by atoms with E-state index >= 15 is 0 Å². The standard InChI is InChI=1S/C17H26N2O2/c1-20-16-5-2-4-15(12-16)13-18-7-9-19(10-8-18)14-17-6-3-11-21-17/h2,4-5,12,17H,3,6-11,13-14H2,1H3. The van der Waals surface area contributed by atoms with Gasteiger partial charge in [-0.2, -0.15) is 0 Å². The molecule has 4 nitrogen and oxygen atoms in total. The molecule has 2 saturated heterocycles. The van der Waals surface area contributed by atoms with Crippen molar-refractivity contribution in [1.29, 1.82) is 0 Å². The fraction of sp³-hybridized carbons (Fsp3) is 0.647. The van der Waals surface area contributed by atoms with E-state index < -0.39 is 0 Å². The van der Waals surface area contributed by atoms with E-state index in [0.29, 0.717) is 6.10 Å². The zero-order chi connectivity index (χ0) is 14.5. The SMILES string of the molecule is COc1cccc(CN2CCN(CC3CCCO3)CC2)c1. The maximum atomic E-state index is 5.73. The van der Waals surface area contributed by atoms with Gasteiger partial charge >= 0.3 is 0 Å². The second-order valence-electron chi connectivity index (χ2n) is 6.06. The van der Waals surface area contributed by atoms with Gasteiger partial charge in [-0.15, -0.1) is 0 Å². The molecule has 2 heterocycles. The molecule has 0 amide bonds. The Morgan fingerprint density at radius 2 is 2.00 bits per heavy atom. The molecule has 0 bridgehead atoms. The van der Waals surface area contributed by atoms with E-state index in [9.17, 15) is 0 Å². The van der Waals surface area contributed by atoms with Gasteiger partial charge in [-0.3, -0.25) is 9.80 Å². The van der Waals surface area contributed by atoms with Crippen molar-refractivity contribution in [2.24, 2.45) is 0 Å². The number of hydrogen-bond acceptors (Lipinski definition) is 4. The van der Waals surface area contributed by atoms with E-state index in [1.165, 1.54) is 18.4 Å². The topological polar surface area (TPSA) is 24.9 Å². The molecule has 0 saturated carbocycles. The molecule has 1 aromatic rings. The van der Waals surface area contributed by atoms with Crippen LogP contribution in [0.25, 0.3) is 0 Å². The molecule has 2 aliphatic rings. The average Bonchev–Trinajstić information content (AvgIpc) is 3.02. The first-order valence-electron chi connectivity index (χ1n) is 8.03. The van der Waals surface area contributed by atoms with Gasteiger partial charge in [-0.1, -0.05) is 12.1 Å². The molecule has 0 aliphatic carbocycles. The highest BCUT2D eigenvalue weighted by Crippen LogP contribution is 2.17. The van der Waals surface area contributed by atoms with E-state index in [4.69, 9.17) is 9.47 Å². The molecule has 1 atom stereocenters. The zero-order valence-electron chi connectivity index (χ0n) is 13.0. The van der Waals surface area contributed by atoms with E-state index in [0.717, 1.165) is 51.6 Å². The van der Waals surface area contributed by atoms with Crippen LogP contribution in [0.2, 0.25) is 0 Å². The fourth-order valence-corrected chi connectivity index (χ4v) is 3.24. The van der Waals surface area contributed by atoms with Crippen LogP contribution < -0.4 is 4.74 Å². The van der Waals surface area contributed by atoms with Gasteiger partial charge in [0.1, 0.15) is 5.75 Å². The minimum absolute atomic E-state index is 0.481. The van der Waals surface area contributed by atoms with Crippen LogP contribution in [0.1, 0.15) is 18.4 Å². The van der Waals surface area contributed by atoms with Crippen molar-refractivity contribution in [2.75, 3.05) is 46.4 Å². The van der Waals surface area contributed by atoms with Crippen LogP contribution in [-0.4, -0.2) is 62.3 Å². The van der Waals surface area contributed by atoms with Crippen LogP contribution in [0, 0.1) is 0 Å². The Kier molecular flexibility index (Phi) is 5.12. The van der Waals surface area contributed by atoms with Gasteiger partial charge in [0, 0.05) is 45.9 Å². The molecule has 1 unspecified atom stereocenters. The summed E-state index contributed by atoms with van der Waals surface area (Å²) in [5, 5.41) is 0. The third kappa shape index (κ3) is 4.19. The van der Waals surface area contributed by atoms with Gasteiger partial charge in [0.05, 0.1) is 13.2 Å². The summed E-state index contributed by atoms with van der Waals surface area (Å²) in [4.78, 5) is 5.08. The van der Waals surface area contributed by atoms with Crippen LogP contribution in [0.15, 0.2) is 24.3 Å². The predicted octanol–water partition coefficient (Wildman–Crippen LogP) is 1.99. The lowest BCUT2D eigenvalue weighted by atomic mass is 10.1. The average molecular weight is 290 g/mol. The number of ether oxygens (including phenoxy) is 2. The normalized spacial score (nSPS) is 24.3. The minimum atomic E-state index is 0.481. The molecule has 2 fully saturated rings. The van der Waals surface area contributed by atoms with Crippen molar-refractivity contribution >= 4 is 0 Å². The molecule has 116 valence electrons. The highest BCUT2D eigenvalue weighted by molar-refractivity contribution is 5.28. The Hall–Kier alpha value is -1.10. The highest BCUT2D eigenvalue weighted by Gasteiger charge is 2.22. The lowest BCUT2D eigenvalue weighted by Gasteiger charge is -2.35. The van der Waals surface area contributed by atoms with Crippen molar-refractivity contribution < 1.29 is 9.47 Å². The molecular formula is C17H26N2O2. The van der Waals surface area contributed by atoms with E-state index in [2.05, 4.69) is 28.0 Å². The Labute approximate surface area is 127 Å². The first kappa shape index (κ1) is 14.8. The number of benzene rings is 1. The number of hydrogen-bond donors (Lipinski definition) is 0. The third-order valence-electron chi connectivity index (χ3n) is 4.49. The summed E-state index contributed by atoms with van der Waals surface area (Å²) in [6.45, 7) is 7.69. The van der Waals surface area contributed by atoms with Crippen molar-refractivity contribution in [3.63, 3.8) is 0 Å². The van der Waals surface area contributed by atoms with Crippen molar-refractivity contribution in [3.8, 4) is 5.75 Å². The smallest absolute Gasteiger partial charge is 0.119 e. The van der Waals surface area contributed by atoms with E-state index in [1.54, 1.807) is 7.11 Å². The second-order valence-corrected chi connectivity index (χ2v) is 6.06. The molecule has 0 N–H and O–H groups in total. The summed E-state index contributed by atoms with van der Waals surface area (Å²) in [6.07, 6.45) is 2.96. The summed E-state index contributed by atoms with van der Waals surface area (Å²) in [7, 11) is 1.73. The molecule has 21 heavy (non-hydrogen) atoms. The molecule has 3 rings (SSSR count). The van der Waals surface area contributed by atoms with Gasteiger partial charge in [0.15, 0.2) is 0 Å². The second kappa shape index (κ2) is 7.25. The van der Waals surface area contributed by atoms with E-state index in [1.807, 2.05) is 6.07 Å². The Morgan fingerprint density at radius 1 is 1.19 bits per heavy atom. The molecule has 0 spiro atoms. The van der Waals surface area contributed by atoms with Crippen molar-refractivity contribution in [1.82, 2.24) is 9.80 Å². The maximum Gasteiger partial charge on any atom is 0.119 e. The first-order valence-corrected chi connectivity index (χ1v) is 8.03. The van der Waals surface area contributed by atoms with Gasteiger partial charge in [-0.25, -0.2) is 0 Å². The van der Waals surface area contributed by atoms with Crippen molar-refractivity contribution in [2.45, 2.75) is 25.5 Å². The van der Waals surface area contributed by atoms with Crippen LogP contribution in [-0.2, 0) is 11.3 Å². The predicted molar refractivity (Wildman–Crippen MR) is 83.7 cm³/mol. The Balaban J connectivity index is 1.44. The summed E-state index contributed by atoms with van der Waals surface area (Å²) in [5.74, 6) is 0.949. The number of methoxy groups -OCH3 is 1. The van der Waals surface area contributed by atoms with Crippen LogP contribution >= 0.6 is 0 Å². The molecule has 0 radical (unpaired) electrons. The molecule has 1 aromatic carbocycles. The third-order valence-corrected chi connectivity index (χ3v) is 4.49. The molecule has 2 aliphatic heterocycles. The minimum Gasteiger partial charge on any atom is -0.497 e.